The van der Waals surface area contributed by atoms with E-state index in [0.29, 0.717) is 13.0 Å². The predicted octanol–water partition coefficient (Wildman–Crippen LogP) is 3.78. The number of piperidine rings is 1. The molecule has 1 heterocycles. The van der Waals surface area contributed by atoms with Gasteiger partial charge in [-0.3, -0.25) is 0 Å². The van der Waals surface area contributed by atoms with Crippen LogP contribution in [0.1, 0.15) is 32.6 Å². The van der Waals surface area contributed by atoms with Crippen LogP contribution in [0.25, 0.3) is 0 Å². The van der Waals surface area contributed by atoms with Crippen molar-refractivity contribution in [1.82, 2.24) is 4.31 Å². The van der Waals surface area contributed by atoms with Gasteiger partial charge in [0.1, 0.15) is 4.90 Å². The van der Waals surface area contributed by atoms with E-state index in [4.69, 9.17) is 17.3 Å². The molecule has 0 aromatic heterocycles. The topological polar surface area (TPSA) is 63.4 Å². The van der Waals surface area contributed by atoms with Crippen LogP contribution in [0.3, 0.4) is 0 Å². The van der Waals surface area contributed by atoms with Crippen LogP contribution in [-0.2, 0) is 10.0 Å². The van der Waals surface area contributed by atoms with Crippen molar-refractivity contribution in [3.63, 3.8) is 0 Å². The third-order valence-corrected chi connectivity index (χ3v) is 7.12. The smallest absolute Gasteiger partial charge is 0.246 e. The number of hydrogen-bond donors (Lipinski definition) is 1. The molecule has 1 unspecified atom stereocenters. The summed E-state index contributed by atoms with van der Waals surface area (Å²) in [5.41, 5.74) is 5.30. The Labute approximate surface area is 137 Å². The van der Waals surface area contributed by atoms with Crippen LogP contribution in [0.4, 0.5) is 10.1 Å². The van der Waals surface area contributed by atoms with Gasteiger partial charge in [-0.25, -0.2) is 12.8 Å². The van der Waals surface area contributed by atoms with Crippen molar-refractivity contribution < 1.29 is 12.8 Å². The molecule has 0 radical (unpaired) electrons. The van der Waals surface area contributed by atoms with E-state index in [1.807, 2.05) is 6.92 Å². The first-order chi connectivity index (χ1) is 9.80. The number of hydrogen-bond acceptors (Lipinski definition) is 3. The molecule has 1 fully saturated rings. The largest absolute Gasteiger partial charge is 0.395 e. The zero-order valence-corrected chi connectivity index (χ0v) is 14.7. The SMILES string of the molecule is CCC1CCCCN1S(=O)(=O)c1cc(Cl)c(Br)c(N)c1F. The average Bonchev–Trinajstić information content (AvgIpc) is 2.48. The van der Waals surface area contributed by atoms with E-state index >= 15 is 0 Å². The minimum atomic E-state index is -3.94. The van der Waals surface area contributed by atoms with Gasteiger partial charge in [0.25, 0.3) is 0 Å². The van der Waals surface area contributed by atoms with Crippen molar-refractivity contribution in [2.24, 2.45) is 0 Å². The first kappa shape index (κ1) is 17.0. The lowest BCUT2D eigenvalue weighted by atomic mass is 10.0. The predicted molar refractivity (Wildman–Crippen MR) is 85.3 cm³/mol. The summed E-state index contributed by atoms with van der Waals surface area (Å²) in [6.07, 6.45) is 3.24. The van der Waals surface area contributed by atoms with Gasteiger partial charge in [0.2, 0.25) is 10.0 Å². The lowest BCUT2D eigenvalue weighted by molar-refractivity contribution is 0.246. The monoisotopic (exact) mass is 398 g/mol. The van der Waals surface area contributed by atoms with E-state index in [9.17, 15) is 12.8 Å². The summed E-state index contributed by atoms with van der Waals surface area (Å²) < 4.78 is 41.3. The van der Waals surface area contributed by atoms with Gasteiger partial charge in [0.05, 0.1) is 15.2 Å². The number of nitrogen functional groups attached to an aromatic ring is 1. The molecule has 21 heavy (non-hydrogen) atoms. The van der Waals surface area contributed by atoms with Crippen LogP contribution < -0.4 is 5.73 Å². The summed E-state index contributed by atoms with van der Waals surface area (Å²) in [6.45, 7) is 2.33. The Morgan fingerprint density at radius 3 is 2.81 bits per heavy atom. The Bertz CT molecular complexity index is 654. The highest BCUT2D eigenvalue weighted by atomic mass is 79.9. The Kier molecular flexibility index (Phi) is 5.18. The van der Waals surface area contributed by atoms with Gasteiger partial charge in [-0.15, -0.1) is 0 Å². The van der Waals surface area contributed by atoms with Crippen LogP contribution in [-0.4, -0.2) is 25.3 Å². The van der Waals surface area contributed by atoms with Crippen LogP contribution in [0.5, 0.6) is 0 Å². The van der Waals surface area contributed by atoms with Gasteiger partial charge in [0, 0.05) is 12.6 Å². The van der Waals surface area contributed by atoms with Crippen molar-refractivity contribution in [1.29, 1.82) is 0 Å². The number of nitrogens with two attached hydrogens (primary N) is 1. The van der Waals surface area contributed by atoms with E-state index in [0.717, 1.165) is 25.3 Å². The molecule has 1 aromatic rings. The van der Waals surface area contributed by atoms with E-state index < -0.39 is 20.7 Å². The summed E-state index contributed by atoms with van der Waals surface area (Å²) >= 11 is 8.98. The van der Waals surface area contributed by atoms with Gasteiger partial charge >= 0.3 is 0 Å². The average molecular weight is 400 g/mol. The molecular weight excluding hydrogens is 383 g/mol. The fraction of sp³-hybridized carbons (Fsp3) is 0.538. The fourth-order valence-corrected chi connectivity index (χ4v) is 5.05. The molecule has 1 aliphatic rings. The summed E-state index contributed by atoms with van der Waals surface area (Å²) in [5, 5.41) is 0.0810. The Morgan fingerprint density at radius 1 is 1.52 bits per heavy atom. The fourth-order valence-electron chi connectivity index (χ4n) is 2.61. The quantitative estimate of drug-likeness (QED) is 0.621. The Morgan fingerprint density at radius 2 is 2.19 bits per heavy atom. The van der Waals surface area contributed by atoms with E-state index in [-0.39, 0.29) is 21.2 Å². The van der Waals surface area contributed by atoms with Crippen molar-refractivity contribution in [2.75, 3.05) is 12.3 Å². The summed E-state index contributed by atoms with van der Waals surface area (Å²) in [4.78, 5) is -0.450. The van der Waals surface area contributed by atoms with Crippen LogP contribution in [0.15, 0.2) is 15.4 Å². The maximum absolute atomic E-state index is 14.3. The van der Waals surface area contributed by atoms with Crippen LogP contribution >= 0.6 is 27.5 Å². The molecular formula is C13H17BrClFN2O2S. The minimum Gasteiger partial charge on any atom is -0.395 e. The molecule has 4 nitrogen and oxygen atoms in total. The van der Waals surface area contributed by atoms with E-state index in [1.54, 1.807) is 0 Å². The van der Waals surface area contributed by atoms with Gasteiger partial charge in [-0.1, -0.05) is 24.9 Å². The molecule has 8 heteroatoms. The zero-order chi connectivity index (χ0) is 15.8. The number of halogens is 3. The standard InChI is InChI=1S/C13H17BrClFN2O2S/c1-2-8-5-3-4-6-18(8)21(19,20)10-7-9(15)11(14)13(17)12(10)16/h7-8H,2-6,17H2,1H3. The lowest BCUT2D eigenvalue weighted by Crippen LogP contribution is -2.43. The number of rotatable bonds is 3. The van der Waals surface area contributed by atoms with Crippen molar-refractivity contribution >= 4 is 43.2 Å². The molecule has 1 atom stereocenters. The Hall–Kier alpha value is -0.370. The third kappa shape index (κ3) is 3.06. The third-order valence-electron chi connectivity index (χ3n) is 3.79. The molecule has 0 saturated carbocycles. The second kappa shape index (κ2) is 6.40. The molecule has 1 saturated heterocycles. The summed E-state index contributed by atoms with van der Waals surface area (Å²) in [5.74, 6) is -0.952. The van der Waals surface area contributed by atoms with Gasteiger partial charge in [-0.05, 0) is 41.3 Å². The second-order valence-corrected chi connectivity index (χ2v) is 8.13. The first-order valence-electron chi connectivity index (χ1n) is 6.75. The molecule has 0 bridgehead atoms. The number of nitrogens with zero attached hydrogens (tertiary/aromatic N) is 1. The van der Waals surface area contributed by atoms with Gasteiger partial charge in [0.15, 0.2) is 5.82 Å². The summed E-state index contributed by atoms with van der Waals surface area (Å²) in [6, 6.07) is 1.01. The molecule has 0 amide bonds. The Balaban J connectivity index is 2.54. The van der Waals surface area contributed by atoms with E-state index in [1.165, 1.54) is 4.31 Å². The van der Waals surface area contributed by atoms with Crippen molar-refractivity contribution in [3.8, 4) is 0 Å². The van der Waals surface area contributed by atoms with Gasteiger partial charge < -0.3 is 5.73 Å². The molecule has 1 aliphatic heterocycles. The molecule has 118 valence electrons. The molecule has 2 rings (SSSR count). The molecule has 1 aromatic carbocycles. The van der Waals surface area contributed by atoms with Gasteiger partial charge in [-0.2, -0.15) is 4.31 Å². The van der Waals surface area contributed by atoms with Crippen LogP contribution in [0, 0.1) is 5.82 Å². The number of anilines is 1. The highest BCUT2D eigenvalue weighted by molar-refractivity contribution is 9.10. The van der Waals surface area contributed by atoms with E-state index in [2.05, 4.69) is 15.9 Å². The highest BCUT2D eigenvalue weighted by Crippen LogP contribution is 2.37. The molecule has 0 aliphatic carbocycles. The lowest BCUT2D eigenvalue weighted by Gasteiger charge is -2.34. The first-order valence-corrected chi connectivity index (χ1v) is 9.36. The van der Waals surface area contributed by atoms with Crippen LogP contribution in [0.2, 0.25) is 5.02 Å². The minimum absolute atomic E-state index is 0.0810. The molecule has 0 spiro atoms. The normalized spacial score (nSPS) is 20.7. The molecule has 2 N–H and O–H groups in total. The second-order valence-electron chi connectivity index (χ2n) is 5.07. The maximum Gasteiger partial charge on any atom is 0.246 e. The van der Waals surface area contributed by atoms with Crippen molar-refractivity contribution in [3.05, 3.63) is 21.4 Å². The zero-order valence-electron chi connectivity index (χ0n) is 11.6. The summed E-state index contributed by atoms with van der Waals surface area (Å²) in [7, 11) is -3.94. The highest BCUT2D eigenvalue weighted by Gasteiger charge is 2.35. The van der Waals surface area contributed by atoms with Crippen molar-refractivity contribution in [2.45, 2.75) is 43.5 Å². The number of sulfonamides is 1. The maximum atomic E-state index is 14.3. The number of benzene rings is 1.